The van der Waals surface area contributed by atoms with E-state index in [1.165, 1.54) is 0 Å². The van der Waals surface area contributed by atoms with E-state index in [1.54, 1.807) is 0 Å². The van der Waals surface area contributed by atoms with Crippen molar-refractivity contribution < 1.29 is 13.3 Å². The van der Waals surface area contributed by atoms with Gasteiger partial charge in [-0.3, -0.25) is 0 Å². The second-order valence-electron chi connectivity index (χ2n) is 7.92. The summed E-state index contributed by atoms with van der Waals surface area (Å²) in [5.74, 6) is 1.44. The second kappa shape index (κ2) is 8.52. The van der Waals surface area contributed by atoms with Crippen molar-refractivity contribution in [2.45, 2.75) is 67.4 Å². The lowest BCUT2D eigenvalue weighted by molar-refractivity contribution is 0.0194. The first-order valence-electron chi connectivity index (χ1n) is 7.92. The highest BCUT2D eigenvalue weighted by Gasteiger charge is 2.53. The van der Waals surface area contributed by atoms with E-state index in [4.69, 9.17) is 13.3 Å². The molecular formula is C16H36O3Si. The summed E-state index contributed by atoms with van der Waals surface area (Å²) in [6.07, 6.45) is 0. The molecule has 0 spiro atoms. The van der Waals surface area contributed by atoms with Crippen LogP contribution in [0.1, 0.15) is 62.3 Å². The third kappa shape index (κ3) is 7.20. The van der Waals surface area contributed by atoms with E-state index in [-0.39, 0.29) is 5.04 Å². The molecule has 0 amide bonds. The Hall–Kier alpha value is 0.0969. The molecule has 122 valence electrons. The van der Waals surface area contributed by atoms with Crippen LogP contribution in [0, 0.1) is 17.8 Å². The van der Waals surface area contributed by atoms with E-state index in [2.05, 4.69) is 62.3 Å². The fourth-order valence-corrected chi connectivity index (χ4v) is 4.81. The smallest absolute Gasteiger partial charge is 0.373 e. The molecule has 0 aromatic heterocycles. The van der Waals surface area contributed by atoms with Crippen LogP contribution in [0.4, 0.5) is 0 Å². The topological polar surface area (TPSA) is 27.7 Å². The predicted octanol–water partition coefficient (Wildman–Crippen LogP) is 4.74. The Labute approximate surface area is 127 Å². The molecule has 0 aliphatic carbocycles. The van der Waals surface area contributed by atoms with Gasteiger partial charge in [-0.25, -0.2) is 0 Å². The van der Waals surface area contributed by atoms with Gasteiger partial charge in [0.2, 0.25) is 0 Å². The van der Waals surface area contributed by atoms with E-state index in [0.29, 0.717) is 37.6 Å². The SMILES string of the molecule is CC(C)CO[Si](OCC(C)C)(OCC(C)C)C(C)(C)C. The minimum atomic E-state index is -2.69. The normalized spacial score (nSPS) is 13.8. The lowest BCUT2D eigenvalue weighted by Gasteiger charge is -2.40. The summed E-state index contributed by atoms with van der Waals surface area (Å²) in [5, 5.41) is -0.105. The third-order valence-electron chi connectivity index (χ3n) is 2.74. The maximum Gasteiger partial charge on any atom is 0.506 e. The first kappa shape index (κ1) is 20.1. The molecule has 0 saturated carbocycles. The Balaban J connectivity index is 5.06. The van der Waals surface area contributed by atoms with Gasteiger partial charge < -0.3 is 13.3 Å². The molecular weight excluding hydrogens is 268 g/mol. The van der Waals surface area contributed by atoms with E-state index in [0.717, 1.165) is 0 Å². The van der Waals surface area contributed by atoms with Crippen molar-refractivity contribution in [2.24, 2.45) is 17.8 Å². The largest absolute Gasteiger partial charge is 0.506 e. The van der Waals surface area contributed by atoms with E-state index < -0.39 is 8.80 Å². The Morgan fingerprint density at radius 3 is 1.05 bits per heavy atom. The van der Waals surface area contributed by atoms with Gasteiger partial charge in [0, 0.05) is 24.9 Å². The molecule has 0 unspecified atom stereocenters. The van der Waals surface area contributed by atoms with Gasteiger partial charge in [-0.1, -0.05) is 62.3 Å². The Morgan fingerprint density at radius 1 is 0.650 bits per heavy atom. The predicted molar refractivity (Wildman–Crippen MR) is 87.8 cm³/mol. The monoisotopic (exact) mass is 304 g/mol. The van der Waals surface area contributed by atoms with Gasteiger partial charge in [0.1, 0.15) is 0 Å². The van der Waals surface area contributed by atoms with Crippen LogP contribution in [0.5, 0.6) is 0 Å². The zero-order valence-corrected chi connectivity index (χ0v) is 16.1. The van der Waals surface area contributed by atoms with Gasteiger partial charge in [-0.05, 0) is 17.8 Å². The maximum absolute atomic E-state index is 6.25. The molecule has 0 N–H and O–H groups in total. The van der Waals surface area contributed by atoms with Crippen LogP contribution in [-0.2, 0) is 13.3 Å². The van der Waals surface area contributed by atoms with Crippen molar-refractivity contribution in [1.29, 1.82) is 0 Å². The molecule has 4 heteroatoms. The van der Waals surface area contributed by atoms with E-state index >= 15 is 0 Å². The van der Waals surface area contributed by atoms with Crippen molar-refractivity contribution in [3.05, 3.63) is 0 Å². The molecule has 0 aliphatic rings. The number of hydrogen-bond donors (Lipinski definition) is 0. The zero-order valence-electron chi connectivity index (χ0n) is 15.1. The zero-order chi connectivity index (χ0) is 16.0. The summed E-state index contributed by atoms with van der Waals surface area (Å²) in [4.78, 5) is 0. The molecule has 3 nitrogen and oxygen atoms in total. The van der Waals surface area contributed by atoms with Gasteiger partial charge in [-0.2, -0.15) is 0 Å². The summed E-state index contributed by atoms with van der Waals surface area (Å²) in [6.45, 7) is 21.5. The highest BCUT2D eigenvalue weighted by Crippen LogP contribution is 2.39. The first-order valence-corrected chi connectivity index (χ1v) is 9.64. The van der Waals surface area contributed by atoms with E-state index in [9.17, 15) is 0 Å². The quantitative estimate of drug-likeness (QED) is 0.576. The van der Waals surface area contributed by atoms with Crippen molar-refractivity contribution in [1.82, 2.24) is 0 Å². The average Bonchev–Trinajstić information content (AvgIpc) is 2.25. The van der Waals surface area contributed by atoms with Crippen LogP contribution in [-0.4, -0.2) is 28.6 Å². The van der Waals surface area contributed by atoms with Crippen LogP contribution in [0.25, 0.3) is 0 Å². The minimum absolute atomic E-state index is 0.105. The van der Waals surface area contributed by atoms with Crippen LogP contribution < -0.4 is 0 Å². The van der Waals surface area contributed by atoms with Gasteiger partial charge in [0.25, 0.3) is 0 Å². The molecule has 0 atom stereocenters. The maximum atomic E-state index is 6.25. The van der Waals surface area contributed by atoms with Crippen molar-refractivity contribution in [2.75, 3.05) is 19.8 Å². The second-order valence-corrected chi connectivity index (χ2v) is 11.4. The van der Waals surface area contributed by atoms with Gasteiger partial charge in [0.05, 0.1) is 0 Å². The summed E-state index contributed by atoms with van der Waals surface area (Å²) >= 11 is 0. The average molecular weight is 305 g/mol. The number of rotatable bonds is 9. The van der Waals surface area contributed by atoms with Gasteiger partial charge in [0.15, 0.2) is 0 Å². The summed E-state index contributed by atoms with van der Waals surface area (Å²) in [5.41, 5.74) is 0. The Bertz CT molecular complexity index is 226. The highest BCUT2D eigenvalue weighted by molar-refractivity contribution is 6.64. The molecule has 0 heterocycles. The summed E-state index contributed by atoms with van der Waals surface area (Å²) in [6, 6.07) is 0. The molecule has 0 radical (unpaired) electrons. The first-order chi connectivity index (χ1) is 9.00. The molecule has 0 aromatic rings. The number of hydrogen-bond acceptors (Lipinski definition) is 3. The Morgan fingerprint density at radius 2 is 0.900 bits per heavy atom. The highest BCUT2D eigenvalue weighted by atomic mass is 28.4. The van der Waals surface area contributed by atoms with Crippen LogP contribution in [0.2, 0.25) is 5.04 Å². The third-order valence-corrected chi connectivity index (χ3v) is 6.22. The minimum Gasteiger partial charge on any atom is -0.373 e. The molecule has 0 saturated heterocycles. The van der Waals surface area contributed by atoms with Gasteiger partial charge in [-0.15, -0.1) is 0 Å². The van der Waals surface area contributed by atoms with Crippen molar-refractivity contribution in [3.63, 3.8) is 0 Å². The fourth-order valence-electron chi connectivity index (χ4n) is 1.60. The molecule has 0 fully saturated rings. The van der Waals surface area contributed by atoms with E-state index in [1.807, 2.05) is 0 Å². The Kier molecular flexibility index (Phi) is 8.56. The van der Waals surface area contributed by atoms with Crippen LogP contribution in [0.3, 0.4) is 0 Å². The molecule has 0 bridgehead atoms. The van der Waals surface area contributed by atoms with Crippen molar-refractivity contribution >= 4 is 8.80 Å². The molecule has 0 rings (SSSR count). The molecule has 20 heavy (non-hydrogen) atoms. The van der Waals surface area contributed by atoms with Crippen molar-refractivity contribution in [3.8, 4) is 0 Å². The summed E-state index contributed by atoms with van der Waals surface area (Å²) < 4.78 is 18.8. The summed E-state index contributed by atoms with van der Waals surface area (Å²) in [7, 11) is -2.69. The van der Waals surface area contributed by atoms with Crippen LogP contribution in [0.15, 0.2) is 0 Å². The van der Waals surface area contributed by atoms with Crippen LogP contribution >= 0.6 is 0 Å². The van der Waals surface area contributed by atoms with Gasteiger partial charge >= 0.3 is 8.80 Å². The lowest BCUT2D eigenvalue weighted by Crippen LogP contribution is -2.55. The lowest BCUT2D eigenvalue weighted by atomic mass is 10.2. The fraction of sp³-hybridized carbons (Fsp3) is 1.00. The standard InChI is InChI=1S/C16H36O3Si/c1-13(2)10-17-20(16(7,8)9,18-11-14(3)4)19-12-15(5)6/h13-15H,10-12H2,1-9H3. The molecule has 0 aliphatic heterocycles. The molecule has 0 aromatic carbocycles.